The summed E-state index contributed by atoms with van der Waals surface area (Å²) in [6.07, 6.45) is 4.81. The lowest BCUT2D eigenvalue weighted by atomic mass is 10.1. The molecule has 10 heteroatoms. The van der Waals surface area contributed by atoms with Crippen molar-refractivity contribution in [2.45, 2.75) is 52.5 Å². The number of hydrogen-bond acceptors (Lipinski definition) is 6. The average Bonchev–Trinajstić information content (AvgIpc) is 3.38. The van der Waals surface area contributed by atoms with E-state index < -0.39 is 0 Å². The largest absolute Gasteiger partial charge is 0.469 e. The van der Waals surface area contributed by atoms with Gasteiger partial charge in [-0.15, -0.1) is 35.3 Å². The summed E-state index contributed by atoms with van der Waals surface area (Å²) >= 11 is 1.74. The minimum absolute atomic E-state index is 0. The number of ether oxygens (including phenoxy) is 1. The van der Waals surface area contributed by atoms with Crippen molar-refractivity contribution in [1.82, 2.24) is 20.5 Å². The van der Waals surface area contributed by atoms with Crippen molar-refractivity contribution in [3.05, 3.63) is 39.7 Å². The second-order valence-corrected chi connectivity index (χ2v) is 8.88. The molecule has 1 amide bonds. The van der Waals surface area contributed by atoms with E-state index >= 15 is 0 Å². The highest BCUT2D eigenvalue weighted by Gasteiger charge is 2.24. The third-order valence-corrected chi connectivity index (χ3v) is 6.41. The zero-order valence-corrected chi connectivity index (χ0v) is 22.2. The first-order chi connectivity index (χ1) is 15.0. The number of aliphatic imine (C=N–C) groups is 1. The molecule has 2 aromatic heterocycles. The van der Waals surface area contributed by atoms with Gasteiger partial charge in [0.05, 0.1) is 23.6 Å². The first-order valence-corrected chi connectivity index (χ1v) is 11.8. The molecule has 178 valence electrons. The highest BCUT2D eigenvalue weighted by atomic mass is 127. The van der Waals surface area contributed by atoms with Crippen molar-refractivity contribution in [2.24, 2.45) is 4.99 Å². The standard InChI is InChI=1S/C22H33N5O3S.HI/c1-4-29-22(28)27-13-9-18(10-14-27)26-21(23-11-7-19-6-5-15-30-19)24-12-8-20-25-16(2)17(3)31-20;/h5-6,15,18H,4,7-14H2,1-3H3,(H2,23,24,26);1H. The first-order valence-electron chi connectivity index (χ1n) is 11.0. The Bertz CT molecular complexity index is 828. The van der Waals surface area contributed by atoms with E-state index in [9.17, 15) is 4.79 Å². The second-order valence-electron chi connectivity index (χ2n) is 7.59. The molecule has 0 unspecified atom stereocenters. The van der Waals surface area contributed by atoms with E-state index in [2.05, 4.69) is 22.5 Å². The molecule has 32 heavy (non-hydrogen) atoms. The molecular weight excluding hydrogens is 541 g/mol. The van der Waals surface area contributed by atoms with Crippen LogP contribution < -0.4 is 10.6 Å². The Labute approximate surface area is 211 Å². The quantitative estimate of drug-likeness (QED) is 0.282. The van der Waals surface area contributed by atoms with Crippen LogP contribution in [0, 0.1) is 13.8 Å². The molecule has 0 spiro atoms. The zero-order valence-electron chi connectivity index (χ0n) is 19.1. The number of likely N-dealkylation sites (tertiary alicyclic amines) is 1. The number of aromatic nitrogens is 1. The Kier molecular flexibility index (Phi) is 11.3. The monoisotopic (exact) mass is 575 g/mol. The van der Waals surface area contributed by atoms with E-state index in [1.165, 1.54) is 4.88 Å². The lowest BCUT2D eigenvalue weighted by molar-refractivity contribution is 0.0963. The third-order valence-electron chi connectivity index (χ3n) is 5.27. The second kappa shape index (κ2) is 13.7. The van der Waals surface area contributed by atoms with Crippen molar-refractivity contribution in [3.63, 3.8) is 0 Å². The van der Waals surface area contributed by atoms with E-state index in [1.54, 1.807) is 22.5 Å². The molecule has 2 N–H and O–H groups in total. The number of halogens is 1. The van der Waals surface area contributed by atoms with Crippen LogP contribution in [0.2, 0.25) is 0 Å². The molecule has 2 aromatic rings. The number of thiazole rings is 1. The number of carbonyl (C=O) groups excluding carboxylic acids is 1. The van der Waals surface area contributed by atoms with E-state index in [-0.39, 0.29) is 36.1 Å². The summed E-state index contributed by atoms with van der Waals surface area (Å²) in [5.74, 6) is 1.74. The normalized spacial score (nSPS) is 14.7. The Hall–Kier alpha value is -1.82. The first kappa shape index (κ1) is 26.4. The van der Waals surface area contributed by atoms with Gasteiger partial charge in [-0.05, 0) is 45.7 Å². The third kappa shape index (κ3) is 8.27. The minimum atomic E-state index is -0.222. The van der Waals surface area contributed by atoms with Crippen molar-refractivity contribution >= 4 is 47.4 Å². The lowest BCUT2D eigenvalue weighted by Gasteiger charge is -2.32. The van der Waals surface area contributed by atoms with Crippen LogP contribution in [0.15, 0.2) is 27.8 Å². The van der Waals surface area contributed by atoms with Crippen LogP contribution in [-0.4, -0.2) is 60.8 Å². The molecule has 0 atom stereocenters. The maximum Gasteiger partial charge on any atom is 0.409 e. The van der Waals surface area contributed by atoms with E-state index in [0.717, 1.165) is 54.6 Å². The molecule has 1 saturated heterocycles. The molecule has 1 fully saturated rings. The minimum Gasteiger partial charge on any atom is -0.469 e. The molecule has 8 nitrogen and oxygen atoms in total. The number of guanidine groups is 1. The Morgan fingerprint density at radius 2 is 2.12 bits per heavy atom. The maximum absolute atomic E-state index is 11.9. The maximum atomic E-state index is 11.9. The van der Waals surface area contributed by atoms with Gasteiger partial charge in [-0.25, -0.2) is 9.78 Å². The van der Waals surface area contributed by atoms with E-state index in [0.29, 0.717) is 26.2 Å². The predicted molar refractivity (Wildman–Crippen MR) is 138 cm³/mol. The fraction of sp³-hybridized carbons (Fsp3) is 0.591. The fourth-order valence-electron chi connectivity index (χ4n) is 3.44. The molecule has 1 aliphatic heterocycles. The number of nitrogens with zero attached hydrogens (tertiary/aromatic N) is 3. The number of carbonyl (C=O) groups is 1. The SMILES string of the molecule is CCOC(=O)N1CCC(NC(=NCCc2nc(C)c(C)s2)NCCc2ccco2)CC1.I. The van der Waals surface area contributed by atoms with Gasteiger partial charge in [0.25, 0.3) is 0 Å². The van der Waals surface area contributed by atoms with Gasteiger partial charge >= 0.3 is 6.09 Å². The van der Waals surface area contributed by atoms with Crippen LogP contribution in [0.25, 0.3) is 0 Å². The van der Waals surface area contributed by atoms with Gasteiger partial charge in [-0.1, -0.05) is 0 Å². The number of amides is 1. The van der Waals surface area contributed by atoms with Crippen LogP contribution in [-0.2, 0) is 17.6 Å². The van der Waals surface area contributed by atoms with Crippen LogP contribution in [0.4, 0.5) is 4.79 Å². The van der Waals surface area contributed by atoms with Crippen molar-refractivity contribution in [2.75, 3.05) is 32.8 Å². The van der Waals surface area contributed by atoms with E-state index in [4.69, 9.17) is 14.1 Å². The average molecular weight is 576 g/mol. The Morgan fingerprint density at radius 3 is 2.75 bits per heavy atom. The van der Waals surface area contributed by atoms with Gasteiger partial charge < -0.3 is 24.7 Å². The summed E-state index contributed by atoms with van der Waals surface area (Å²) in [5, 5.41) is 8.08. The van der Waals surface area contributed by atoms with Gasteiger partial charge in [0.1, 0.15) is 5.76 Å². The van der Waals surface area contributed by atoms with Gasteiger partial charge in [0.2, 0.25) is 0 Å². The van der Waals surface area contributed by atoms with Crippen LogP contribution in [0.1, 0.15) is 41.1 Å². The molecule has 0 radical (unpaired) electrons. The molecule has 0 saturated carbocycles. The summed E-state index contributed by atoms with van der Waals surface area (Å²) in [7, 11) is 0. The Morgan fingerprint density at radius 1 is 1.34 bits per heavy atom. The van der Waals surface area contributed by atoms with Crippen LogP contribution >= 0.6 is 35.3 Å². The number of furan rings is 1. The number of nitrogens with one attached hydrogen (secondary N) is 2. The molecule has 0 bridgehead atoms. The number of rotatable bonds is 8. The van der Waals surface area contributed by atoms with Crippen molar-refractivity contribution < 1.29 is 13.9 Å². The molecule has 0 aromatic carbocycles. The van der Waals surface area contributed by atoms with Gasteiger partial charge in [0, 0.05) is 49.9 Å². The summed E-state index contributed by atoms with van der Waals surface area (Å²) < 4.78 is 10.5. The van der Waals surface area contributed by atoms with Gasteiger partial charge in [-0.2, -0.15) is 0 Å². The fourth-order valence-corrected chi connectivity index (χ4v) is 4.36. The lowest BCUT2D eigenvalue weighted by Crippen LogP contribution is -2.50. The van der Waals surface area contributed by atoms with Crippen LogP contribution in [0.5, 0.6) is 0 Å². The summed E-state index contributed by atoms with van der Waals surface area (Å²) in [4.78, 5) is 24.3. The molecule has 3 rings (SSSR count). The molecule has 1 aliphatic rings. The molecule has 0 aliphatic carbocycles. The summed E-state index contributed by atoms with van der Waals surface area (Å²) in [5.41, 5.74) is 1.10. The number of aryl methyl sites for hydroxylation is 2. The summed E-state index contributed by atoms with van der Waals surface area (Å²) in [6.45, 7) is 9.17. The smallest absolute Gasteiger partial charge is 0.409 e. The highest BCUT2D eigenvalue weighted by molar-refractivity contribution is 14.0. The predicted octanol–water partition coefficient (Wildman–Crippen LogP) is 3.91. The van der Waals surface area contributed by atoms with Crippen LogP contribution in [0.3, 0.4) is 0 Å². The van der Waals surface area contributed by atoms with Gasteiger partial charge in [0.15, 0.2) is 5.96 Å². The topological polar surface area (TPSA) is 92.0 Å². The number of hydrogen-bond donors (Lipinski definition) is 2. The Balaban J connectivity index is 0.00000363. The zero-order chi connectivity index (χ0) is 22.1. The van der Waals surface area contributed by atoms with Crippen molar-refractivity contribution in [1.29, 1.82) is 0 Å². The molecular formula is C22H34IN5O3S. The number of piperidine rings is 1. The van der Waals surface area contributed by atoms with Gasteiger partial charge in [-0.3, -0.25) is 4.99 Å². The molecule has 3 heterocycles. The van der Waals surface area contributed by atoms with Crippen molar-refractivity contribution in [3.8, 4) is 0 Å². The summed E-state index contributed by atoms with van der Waals surface area (Å²) in [6, 6.07) is 4.15. The van der Waals surface area contributed by atoms with E-state index in [1.807, 2.05) is 26.0 Å². The highest BCUT2D eigenvalue weighted by Crippen LogP contribution is 2.17.